The van der Waals surface area contributed by atoms with Crippen LogP contribution in [0, 0.1) is 11.3 Å². The molecule has 76 valence electrons. The summed E-state index contributed by atoms with van der Waals surface area (Å²) < 4.78 is 4.94. The third-order valence-electron chi connectivity index (χ3n) is 1.79. The summed E-state index contributed by atoms with van der Waals surface area (Å²) in [6.07, 6.45) is 0.877. The molecule has 0 spiro atoms. The van der Waals surface area contributed by atoms with Gasteiger partial charge in [-0.1, -0.05) is 0 Å². The number of ether oxygens (including phenoxy) is 1. The first kappa shape index (κ1) is 10.8. The second-order valence-corrected chi connectivity index (χ2v) is 2.74. The molecule has 0 unspecified atom stereocenters. The van der Waals surface area contributed by atoms with Crippen LogP contribution in [0.4, 0.5) is 0 Å². The summed E-state index contributed by atoms with van der Waals surface area (Å²) in [5.74, 6) is -0.478. The number of hydrogen-bond donors (Lipinski definition) is 1. The molecule has 0 aliphatic heterocycles. The summed E-state index contributed by atoms with van der Waals surface area (Å²) in [7, 11) is 1.54. The SMILES string of the molecule is COc1ccc(/C(C#N)=C/C(=O)O)cc1. The van der Waals surface area contributed by atoms with E-state index in [1.165, 1.54) is 7.11 Å². The van der Waals surface area contributed by atoms with Crippen LogP contribution in [0.2, 0.25) is 0 Å². The Bertz CT molecular complexity index is 426. The van der Waals surface area contributed by atoms with Gasteiger partial charge in [-0.15, -0.1) is 0 Å². The molecule has 0 atom stereocenters. The lowest BCUT2D eigenvalue weighted by Gasteiger charge is -2.01. The van der Waals surface area contributed by atoms with E-state index in [1.807, 2.05) is 6.07 Å². The van der Waals surface area contributed by atoms with Gasteiger partial charge in [0.2, 0.25) is 0 Å². The predicted molar refractivity (Wildman–Crippen MR) is 54.2 cm³/mol. The summed E-state index contributed by atoms with van der Waals surface area (Å²) >= 11 is 0. The minimum atomic E-state index is -1.14. The molecule has 1 N–H and O–H groups in total. The lowest BCUT2D eigenvalue weighted by molar-refractivity contribution is -0.131. The van der Waals surface area contributed by atoms with E-state index in [2.05, 4.69) is 0 Å². The molecule has 1 rings (SSSR count). The van der Waals surface area contributed by atoms with Gasteiger partial charge in [-0.25, -0.2) is 4.79 Å². The Hall–Kier alpha value is -2.28. The van der Waals surface area contributed by atoms with Crippen LogP contribution in [0.15, 0.2) is 30.3 Å². The third-order valence-corrected chi connectivity index (χ3v) is 1.79. The average Bonchev–Trinajstić information content (AvgIpc) is 2.26. The summed E-state index contributed by atoms with van der Waals surface area (Å²) in [5.41, 5.74) is 0.672. The molecule has 0 bridgehead atoms. The Morgan fingerprint density at radius 1 is 1.47 bits per heavy atom. The number of aliphatic carboxylic acids is 1. The molecule has 1 aromatic rings. The highest BCUT2D eigenvalue weighted by Crippen LogP contribution is 2.17. The molecule has 15 heavy (non-hydrogen) atoms. The van der Waals surface area contributed by atoms with Crippen molar-refractivity contribution < 1.29 is 14.6 Å². The maximum Gasteiger partial charge on any atom is 0.329 e. The van der Waals surface area contributed by atoms with Crippen LogP contribution in [-0.2, 0) is 4.79 Å². The fourth-order valence-corrected chi connectivity index (χ4v) is 1.07. The van der Waals surface area contributed by atoms with E-state index < -0.39 is 5.97 Å². The van der Waals surface area contributed by atoms with Crippen molar-refractivity contribution in [2.75, 3.05) is 7.11 Å². The highest BCUT2D eigenvalue weighted by molar-refractivity contribution is 5.94. The van der Waals surface area contributed by atoms with E-state index in [4.69, 9.17) is 15.1 Å². The number of nitriles is 1. The quantitative estimate of drug-likeness (QED) is 0.599. The van der Waals surface area contributed by atoms with Gasteiger partial charge in [-0.05, 0) is 29.8 Å². The monoisotopic (exact) mass is 203 g/mol. The number of carboxylic acids is 1. The number of benzene rings is 1. The van der Waals surface area contributed by atoms with E-state index in [9.17, 15) is 4.79 Å². The smallest absolute Gasteiger partial charge is 0.329 e. The van der Waals surface area contributed by atoms with Crippen LogP contribution in [0.1, 0.15) is 5.56 Å². The molecule has 4 heteroatoms. The number of nitrogens with zero attached hydrogens (tertiary/aromatic N) is 1. The van der Waals surface area contributed by atoms with Crippen LogP contribution < -0.4 is 4.74 Å². The number of allylic oxidation sites excluding steroid dienone is 1. The van der Waals surface area contributed by atoms with Gasteiger partial charge in [-0.2, -0.15) is 5.26 Å². The molecule has 0 aliphatic rings. The number of rotatable bonds is 3. The predicted octanol–water partition coefficient (Wildman–Crippen LogP) is 1.69. The molecule has 0 heterocycles. The van der Waals surface area contributed by atoms with Crippen molar-refractivity contribution in [3.8, 4) is 11.8 Å². The minimum Gasteiger partial charge on any atom is -0.497 e. The maximum atomic E-state index is 10.4. The van der Waals surface area contributed by atoms with Gasteiger partial charge in [0.1, 0.15) is 11.8 Å². The zero-order chi connectivity index (χ0) is 11.3. The molecule has 0 aliphatic carbocycles. The number of carboxylic acid groups (broad SMARTS) is 1. The molecule has 0 amide bonds. The molecule has 4 nitrogen and oxygen atoms in total. The maximum absolute atomic E-state index is 10.4. The Morgan fingerprint density at radius 3 is 2.47 bits per heavy atom. The lowest BCUT2D eigenvalue weighted by atomic mass is 10.1. The van der Waals surface area contributed by atoms with E-state index in [0.29, 0.717) is 11.3 Å². The Kier molecular flexibility index (Phi) is 3.47. The molecular formula is C11H9NO3. The molecule has 0 saturated heterocycles. The second-order valence-electron chi connectivity index (χ2n) is 2.74. The fraction of sp³-hybridized carbons (Fsp3) is 0.0909. The van der Waals surface area contributed by atoms with Gasteiger partial charge < -0.3 is 9.84 Å². The zero-order valence-corrected chi connectivity index (χ0v) is 8.10. The Morgan fingerprint density at radius 2 is 2.07 bits per heavy atom. The fourth-order valence-electron chi connectivity index (χ4n) is 1.07. The molecular weight excluding hydrogens is 194 g/mol. The van der Waals surface area contributed by atoms with Crippen molar-refractivity contribution in [2.45, 2.75) is 0 Å². The van der Waals surface area contributed by atoms with Crippen molar-refractivity contribution in [3.63, 3.8) is 0 Å². The van der Waals surface area contributed by atoms with Gasteiger partial charge in [0.05, 0.1) is 12.7 Å². The number of carbonyl (C=O) groups is 1. The Balaban J connectivity index is 3.05. The van der Waals surface area contributed by atoms with Gasteiger partial charge in [-0.3, -0.25) is 0 Å². The van der Waals surface area contributed by atoms with Crippen LogP contribution >= 0.6 is 0 Å². The average molecular weight is 203 g/mol. The highest BCUT2D eigenvalue weighted by atomic mass is 16.5. The first-order chi connectivity index (χ1) is 7.17. The molecule has 0 saturated carbocycles. The first-order valence-corrected chi connectivity index (χ1v) is 4.16. The van der Waals surface area contributed by atoms with Crippen molar-refractivity contribution in [1.29, 1.82) is 5.26 Å². The topological polar surface area (TPSA) is 70.3 Å². The molecule has 0 fully saturated rings. The second kappa shape index (κ2) is 4.82. The van der Waals surface area contributed by atoms with Crippen molar-refractivity contribution >= 4 is 11.5 Å². The minimum absolute atomic E-state index is 0.116. The van der Waals surface area contributed by atoms with E-state index in [0.717, 1.165) is 6.08 Å². The third kappa shape index (κ3) is 2.85. The first-order valence-electron chi connectivity index (χ1n) is 4.16. The highest BCUT2D eigenvalue weighted by Gasteiger charge is 2.03. The number of methoxy groups -OCH3 is 1. The van der Waals surface area contributed by atoms with Gasteiger partial charge >= 0.3 is 5.97 Å². The van der Waals surface area contributed by atoms with Crippen LogP contribution in [0.25, 0.3) is 5.57 Å². The van der Waals surface area contributed by atoms with Crippen LogP contribution in [0.3, 0.4) is 0 Å². The summed E-state index contributed by atoms with van der Waals surface area (Å²) in [6.45, 7) is 0. The van der Waals surface area contributed by atoms with Gasteiger partial charge in [0, 0.05) is 6.08 Å². The van der Waals surface area contributed by atoms with Crippen LogP contribution in [0.5, 0.6) is 5.75 Å². The summed E-state index contributed by atoms with van der Waals surface area (Å²) in [6, 6.07) is 8.44. The van der Waals surface area contributed by atoms with Gasteiger partial charge in [0.25, 0.3) is 0 Å². The molecule has 1 aromatic carbocycles. The van der Waals surface area contributed by atoms with E-state index in [-0.39, 0.29) is 5.57 Å². The molecule has 0 radical (unpaired) electrons. The van der Waals surface area contributed by atoms with E-state index in [1.54, 1.807) is 24.3 Å². The number of hydrogen-bond acceptors (Lipinski definition) is 3. The zero-order valence-electron chi connectivity index (χ0n) is 8.10. The standard InChI is InChI=1S/C11H9NO3/c1-15-10-4-2-8(3-5-10)9(7-12)6-11(13)14/h2-6H,1H3,(H,13,14)/b9-6+. The summed E-state index contributed by atoms with van der Waals surface area (Å²) in [4.78, 5) is 10.4. The normalized spacial score (nSPS) is 10.5. The Labute approximate surface area is 87.0 Å². The van der Waals surface area contributed by atoms with Crippen molar-refractivity contribution in [1.82, 2.24) is 0 Å². The van der Waals surface area contributed by atoms with Crippen molar-refractivity contribution in [2.24, 2.45) is 0 Å². The van der Waals surface area contributed by atoms with Crippen LogP contribution in [-0.4, -0.2) is 18.2 Å². The lowest BCUT2D eigenvalue weighted by Crippen LogP contribution is -1.91. The van der Waals surface area contributed by atoms with Gasteiger partial charge in [0.15, 0.2) is 0 Å². The van der Waals surface area contributed by atoms with Crippen molar-refractivity contribution in [3.05, 3.63) is 35.9 Å². The summed E-state index contributed by atoms with van der Waals surface area (Å²) in [5, 5.41) is 17.3. The molecule has 0 aromatic heterocycles. The largest absolute Gasteiger partial charge is 0.497 e. The van der Waals surface area contributed by atoms with E-state index >= 15 is 0 Å².